The molecule has 0 aliphatic carbocycles. The smallest absolute Gasteiger partial charge is 0.254 e. The molecule has 5 nitrogen and oxygen atoms in total. The van der Waals surface area contributed by atoms with Crippen LogP contribution in [0, 0.1) is 5.82 Å². The Bertz CT molecular complexity index is 636. The normalized spacial score (nSPS) is 18.5. The van der Waals surface area contributed by atoms with Gasteiger partial charge in [0.05, 0.1) is 25.0 Å². The maximum absolute atomic E-state index is 13.2. The molecule has 1 fully saturated rings. The molecule has 6 heteroatoms. The molecule has 1 aromatic carbocycles. The summed E-state index contributed by atoms with van der Waals surface area (Å²) in [4.78, 5) is 22.2. The van der Waals surface area contributed by atoms with Crippen molar-refractivity contribution in [3.05, 3.63) is 59.9 Å². The molecule has 2 heterocycles. The fourth-order valence-corrected chi connectivity index (χ4v) is 2.29. The van der Waals surface area contributed by atoms with Crippen LogP contribution >= 0.6 is 0 Å². The molecule has 1 aromatic heterocycles. The van der Waals surface area contributed by atoms with E-state index in [-0.39, 0.29) is 12.0 Å². The maximum Gasteiger partial charge on any atom is 0.254 e. The van der Waals surface area contributed by atoms with Gasteiger partial charge in [0.1, 0.15) is 11.9 Å². The largest absolute Gasteiger partial charge is 0.368 e. The number of nitrogens with zero attached hydrogens (tertiary/aromatic N) is 3. The van der Waals surface area contributed by atoms with Gasteiger partial charge in [0.25, 0.3) is 5.91 Å². The van der Waals surface area contributed by atoms with E-state index < -0.39 is 5.82 Å². The van der Waals surface area contributed by atoms with E-state index in [4.69, 9.17) is 4.74 Å². The summed E-state index contributed by atoms with van der Waals surface area (Å²) in [7, 11) is 0. The second-order valence-electron chi connectivity index (χ2n) is 4.75. The molecule has 21 heavy (non-hydrogen) atoms. The van der Waals surface area contributed by atoms with Crippen LogP contribution in [-0.4, -0.2) is 40.5 Å². The maximum atomic E-state index is 13.2. The first-order chi connectivity index (χ1) is 10.2. The standard InChI is InChI=1S/C15H14FN3O2/c16-12-3-1-2-11(8-12)15(20)19-6-7-21-14(10-19)13-9-17-4-5-18-13/h1-5,8-9,14H,6-7,10H2. The first-order valence-corrected chi connectivity index (χ1v) is 6.66. The Balaban J connectivity index is 1.75. The van der Waals surface area contributed by atoms with Crippen molar-refractivity contribution in [2.75, 3.05) is 19.7 Å². The van der Waals surface area contributed by atoms with Gasteiger partial charge < -0.3 is 9.64 Å². The van der Waals surface area contributed by atoms with Crippen molar-refractivity contribution in [2.45, 2.75) is 6.10 Å². The van der Waals surface area contributed by atoms with E-state index in [0.29, 0.717) is 31.0 Å². The van der Waals surface area contributed by atoms with E-state index in [9.17, 15) is 9.18 Å². The van der Waals surface area contributed by atoms with E-state index in [0.717, 1.165) is 0 Å². The highest BCUT2D eigenvalue weighted by Gasteiger charge is 2.27. The van der Waals surface area contributed by atoms with Crippen LogP contribution < -0.4 is 0 Å². The summed E-state index contributed by atoms with van der Waals surface area (Å²) in [6.07, 6.45) is 4.50. The average Bonchev–Trinajstić information content (AvgIpc) is 2.55. The van der Waals surface area contributed by atoms with E-state index in [1.807, 2.05) is 0 Å². The minimum atomic E-state index is -0.417. The molecule has 1 aliphatic heterocycles. The zero-order valence-electron chi connectivity index (χ0n) is 11.3. The Morgan fingerprint density at radius 3 is 3.05 bits per heavy atom. The quantitative estimate of drug-likeness (QED) is 0.845. The van der Waals surface area contributed by atoms with Crippen LogP contribution in [0.15, 0.2) is 42.9 Å². The van der Waals surface area contributed by atoms with Gasteiger partial charge in [-0.2, -0.15) is 0 Å². The minimum Gasteiger partial charge on any atom is -0.368 e. The summed E-state index contributed by atoms with van der Waals surface area (Å²) < 4.78 is 18.9. The Morgan fingerprint density at radius 1 is 1.38 bits per heavy atom. The fraction of sp³-hybridized carbons (Fsp3) is 0.267. The predicted molar refractivity (Wildman–Crippen MR) is 73.0 cm³/mol. The molecule has 0 spiro atoms. The summed E-state index contributed by atoms with van der Waals surface area (Å²) in [6, 6.07) is 5.70. The highest BCUT2D eigenvalue weighted by Crippen LogP contribution is 2.21. The summed E-state index contributed by atoms with van der Waals surface area (Å²) in [5.74, 6) is -0.619. The summed E-state index contributed by atoms with van der Waals surface area (Å²) in [5, 5.41) is 0. The van der Waals surface area contributed by atoms with Crippen LogP contribution in [0.5, 0.6) is 0 Å². The van der Waals surface area contributed by atoms with E-state index in [2.05, 4.69) is 9.97 Å². The molecule has 1 atom stereocenters. The molecule has 1 saturated heterocycles. The summed E-state index contributed by atoms with van der Waals surface area (Å²) in [5.41, 5.74) is 1.03. The number of benzene rings is 1. The zero-order chi connectivity index (χ0) is 14.7. The van der Waals surface area contributed by atoms with Gasteiger partial charge in [0.15, 0.2) is 0 Å². The van der Waals surface area contributed by atoms with Crippen molar-refractivity contribution in [1.82, 2.24) is 14.9 Å². The number of morpholine rings is 1. The third-order valence-corrected chi connectivity index (χ3v) is 3.34. The number of rotatable bonds is 2. The van der Waals surface area contributed by atoms with Crippen molar-refractivity contribution in [3.8, 4) is 0 Å². The van der Waals surface area contributed by atoms with Crippen molar-refractivity contribution < 1.29 is 13.9 Å². The molecule has 1 unspecified atom stereocenters. The molecule has 0 bridgehead atoms. The van der Waals surface area contributed by atoms with Gasteiger partial charge in [-0.25, -0.2) is 4.39 Å². The Kier molecular flexibility index (Phi) is 3.87. The highest BCUT2D eigenvalue weighted by molar-refractivity contribution is 5.94. The SMILES string of the molecule is O=C(c1cccc(F)c1)N1CCOC(c2cnccn2)C1. The highest BCUT2D eigenvalue weighted by atomic mass is 19.1. The van der Waals surface area contributed by atoms with Crippen LogP contribution in [0.25, 0.3) is 0 Å². The molecule has 0 radical (unpaired) electrons. The van der Waals surface area contributed by atoms with Gasteiger partial charge in [-0.15, -0.1) is 0 Å². The molecule has 1 aliphatic rings. The number of hydrogen-bond donors (Lipinski definition) is 0. The lowest BCUT2D eigenvalue weighted by molar-refractivity contribution is -0.0249. The number of aromatic nitrogens is 2. The van der Waals surface area contributed by atoms with Crippen molar-refractivity contribution in [2.24, 2.45) is 0 Å². The summed E-state index contributed by atoms with van der Waals surface area (Å²) >= 11 is 0. The average molecular weight is 287 g/mol. The number of halogens is 1. The number of amides is 1. The minimum absolute atomic E-state index is 0.202. The summed E-state index contributed by atoms with van der Waals surface area (Å²) in [6.45, 7) is 1.28. The van der Waals surface area contributed by atoms with Gasteiger partial charge >= 0.3 is 0 Å². The van der Waals surface area contributed by atoms with Crippen LogP contribution in [0.4, 0.5) is 4.39 Å². The number of ether oxygens (including phenoxy) is 1. The Morgan fingerprint density at radius 2 is 2.29 bits per heavy atom. The monoisotopic (exact) mass is 287 g/mol. The third-order valence-electron chi connectivity index (χ3n) is 3.34. The molecular formula is C15H14FN3O2. The Hall–Kier alpha value is -2.34. The van der Waals surface area contributed by atoms with Gasteiger partial charge in [-0.1, -0.05) is 6.07 Å². The van der Waals surface area contributed by atoms with Gasteiger partial charge in [-0.3, -0.25) is 14.8 Å². The fourth-order valence-electron chi connectivity index (χ4n) is 2.29. The molecule has 3 rings (SSSR count). The van der Waals surface area contributed by atoms with Crippen LogP contribution in [0.3, 0.4) is 0 Å². The molecule has 0 N–H and O–H groups in total. The number of carbonyl (C=O) groups excluding carboxylic acids is 1. The molecule has 1 amide bonds. The van der Waals surface area contributed by atoms with E-state index in [1.54, 1.807) is 29.6 Å². The predicted octanol–water partition coefficient (Wildman–Crippen LogP) is 1.83. The lowest BCUT2D eigenvalue weighted by Crippen LogP contribution is -2.42. The number of carbonyl (C=O) groups is 1. The van der Waals surface area contributed by atoms with E-state index >= 15 is 0 Å². The van der Waals surface area contributed by atoms with E-state index in [1.165, 1.54) is 18.2 Å². The topological polar surface area (TPSA) is 55.3 Å². The van der Waals surface area contributed by atoms with Gasteiger partial charge in [-0.05, 0) is 18.2 Å². The van der Waals surface area contributed by atoms with Crippen molar-refractivity contribution in [1.29, 1.82) is 0 Å². The second-order valence-corrected chi connectivity index (χ2v) is 4.75. The van der Waals surface area contributed by atoms with Gasteiger partial charge in [0.2, 0.25) is 0 Å². The van der Waals surface area contributed by atoms with Gasteiger partial charge in [0, 0.05) is 24.5 Å². The number of hydrogen-bond acceptors (Lipinski definition) is 4. The second kappa shape index (κ2) is 5.97. The molecule has 108 valence electrons. The first-order valence-electron chi connectivity index (χ1n) is 6.66. The Labute approximate surface area is 121 Å². The molecule has 2 aromatic rings. The lowest BCUT2D eigenvalue weighted by atomic mass is 10.1. The lowest BCUT2D eigenvalue weighted by Gasteiger charge is -2.32. The first kappa shape index (κ1) is 13.6. The zero-order valence-corrected chi connectivity index (χ0v) is 11.3. The third kappa shape index (κ3) is 3.05. The van der Waals surface area contributed by atoms with Crippen LogP contribution in [0.1, 0.15) is 22.2 Å². The van der Waals surface area contributed by atoms with Crippen molar-refractivity contribution in [3.63, 3.8) is 0 Å². The van der Waals surface area contributed by atoms with Crippen LogP contribution in [-0.2, 0) is 4.74 Å². The van der Waals surface area contributed by atoms with Crippen molar-refractivity contribution >= 4 is 5.91 Å². The molecule has 0 saturated carbocycles. The molecular weight excluding hydrogens is 273 g/mol. The van der Waals surface area contributed by atoms with Crippen LogP contribution in [0.2, 0.25) is 0 Å².